The fourth-order valence-corrected chi connectivity index (χ4v) is 4.10. The van der Waals surface area contributed by atoms with Crippen molar-refractivity contribution in [1.82, 2.24) is 5.32 Å². The summed E-state index contributed by atoms with van der Waals surface area (Å²) in [5.41, 5.74) is 1.72. The minimum absolute atomic E-state index is 0.00402. The van der Waals surface area contributed by atoms with Crippen molar-refractivity contribution in [3.8, 4) is 11.8 Å². The van der Waals surface area contributed by atoms with Gasteiger partial charge in [0, 0.05) is 22.6 Å². The highest BCUT2D eigenvalue weighted by Gasteiger charge is 2.38. The number of ether oxygens (including phenoxy) is 1. The van der Waals surface area contributed by atoms with Gasteiger partial charge in [0.25, 0.3) is 5.91 Å². The zero-order valence-electron chi connectivity index (χ0n) is 20.3. The Kier molecular flexibility index (Phi) is 8.44. The van der Waals surface area contributed by atoms with Gasteiger partial charge in [-0.3, -0.25) is 4.79 Å². The first-order valence-electron chi connectivity index (χ1n) is 11.3. The quantitative estimate of drug-likeness (QED) is 0.485. The molecule has 0 saturated heterocycles. The van der Waals surface area contributed by atoms with Crippen LogP contribution < -0.4 is 10.1 Å². The molecule has 0 unspecified atom stereocenters. The molecule has 0 aromatic heterocycles. The number of carbonyl (C=O) groups excluding carboxylic acids is 1. The molecule has 0 radical (unpaired) electrons. The lowest BCUT2D eigenvalue weighted by atomic mass is 9.76. The van der Waals surface area contributed by atoms with Gasteiger partial charge >= 0.3 is 0 Å². The summed E-state index contributed by atoms with van der Waals surface area (Å²) in [6, 6.07) is 12.5. The molecule has 2 aromatic rings. The summed E-state index contributed by atoms with van der Waals surface area (Å²) in [4.78, 5) is 12.9. The number of nitrogens with zero attached hydrogens (tertiary/aromatic N) is 1. The van der Waals surface area contributed by atoms with E-state index in [9.17, 15) is 9.18 Å². The van der Waals surface area contributed by atoms with E-state index in [0.717, 1.165) is 6.42 Å². The molecule has 4 nitrogen and oxygen atoms in total. The summed E-state index contributed by atoms with van der Waals surface area (Å²) in [6.45, 7) is 14.0. The van der Waals surface area contributed by atoms with Crippen molar-refractivity contribution in [3.05, 3.63) is 64.5 Å². The number of amides is 1. The van der Waals surface area contributed by atoms with Crippen LogP contribution in [0, 0.1) is 29.5 Å². The predicted molar refractivity (Wildman–Crippen MR) is 126 cm³/mol. The largest absolute Gasteiger partial charge is 0.489 e. The normalized spacial score (nSPS) is 13.4. The summed E-state index contributed by atoms with van der Waals surface area (Å²) >= 11 is 0. The molecular formula is C27H35FN2O2. The Bertz CT molecular complexity index is 974. The molecule has 2 rings (SSSR count). The number of hydrogen-bond acceptors (Lipinski definition) is 3. The second-order valence-corrected chi connectivity index (χ2v) is 9.21. The number of halogens is 1. The highest BCUT2D eigenvalue weighted by Crippen LogP contribution is 2.35. The minimum atomic E-state index is -0.553. The summed E-state index contributed by atoms with van der Waals surface area (Å²) in [5.74, 6) is 0.165. The molecule has 0 fully saturated rings. The van der Waals surface area contributed by atoms with E-state index in [0.29, 0.717) is 29.2 Å². The molecule has 1 N–H and O–H groups in total. The van der Waals surface area contributed by atoms with Gasteiger partial charge in [-0.05, 0) is 55.5 Å². The summed E-state index contributed by atoms with van der Waals surface area (Å²) in [6.07, 6.45) is 1.15. The maximum absolute atomic E-state index is 14.4. The Morgan fingerprint density at radius 1 is 1.12 bits per heavy atom. The molecule has 172 valence electrons. The van der Waals surface area contributed by atoms with Crippen LogP contribution in [0.4, 0.5) is 4.39 Å². The van der Waals surface area contributed by atoms with Crippen LogP contribution in [0.2, 0.25) is 0 Å². The monoisotopic (exact) mass is 438 g/mol. The molecule has 0 aliphatic carbocycles. The lowest BCUT2D eigenvalue weighted by molar-refractivity contribution is 0.0350. The SMILES string of the molecule is CC[C@@H](NC(=O)c1ccc(C(C)C)cc1)C(C)(C)[C@@H](CC)Oc1ccc(C#N)c(F)c1C. The minimum Gasteiger partial charge on any atom is -0.489 e. The highest BCUT2D eigenvalue weighted by atomic mass is 19.1. The third kappa shape index (κ3) is 5.48. The lowest BCUT2D eigenvalue weighted by Gasteiger charge is -2.41. The average molecular weight is 439 g/mol. The second kappa shape index (κ2) is 10.6. The van der Waals surface area contributed by atoms with Gasteiger partial charge in [0.1, 0.15) is 23.7 Å². The van der Waals surface area contributed by atoms with Crippen molar-refractivity contribution in [3.63, 3.8) is 0 Å². The Morgan fingerprint density at radius 3 is 2.25 bits per heavy atom. The van der Waals surface area contributed by atoms with E-state index in [-0.39, 0.29) is 23.6 Å². The van der Waals surface area contributed by atoms with E-state index in [4.69, 9.17) is 10.00 Å². The fraction of sp³-hybridized carbons (Fsp3) is 0.481. The number of nitriles is 1. The topological polar surface area (TPSA) is 62.1 Å². The standard InChI is InChI=1S/C27H35FN2O2/c1-8-23(30-26(31)20-12-10-19(11-13-20)17(3)4)27(6,7)24(9-2)32-22-15-14-21(16-29)25(28)18(22)5/h10-15,17,23-24H,8-9H2,1-7H3,(H,30,31)/t23-,24-/m1/s1. The van der Waals surface area contributed by atoms with Crippen LogP contribution >= 0.6 is 0 Å². The molecule has 32 heavy (non-hydrogen) atoms. The number of rotatable bonds is 9. The van der Waals surface area contributed by atoms with Crippen molar-refractivity contribution in [2.45, 2.75) is 79.4 Å². The molecule has 0 aliphatic rings. The first kappa shape index (κ1) is 25.4. The maximum atomic E-state index is 14.4. The zero-order valence-corrected chi connectivity index (χ0v) is 20.3. The van der Waals surface area contributed by atoms with Crippen LogP contribution in [0.25, 0.3) is 0 Å². The number of hydrogen-bond donors (Lipinski definition) is 1. The van der Waals surface area contributed by atoms with E-state index < -0.39 is 11.2 Å². The Balaban J connectivity index is 2.22. The molecule has 0 saturated carbocycles. The van der Waals surface area contributed by atoms with Crippen LogP contribution in [-0.2, 0) is 0 Å². The van der Waals surface area contributed by atoms with Gasteiger partial charge in [0.2, 0.25) is 0 Å². The van der Waals surface area contributed by atoms with Crippen molar-refractivity contribution in [2.75, 3.05) is 0 Å². The molecule has 2 aromatic carbocycles. The molecule has 1 amide bonds. The molecule has 2 atom stereocenters. The Hall–Kier alpha value is -2.87. The molecule has 0 aliphatic heterocycles. The first-order valence-corrected chi connectivity index (χ1v) is 11.3. The van der Waals surface area contributed by atoms with Crippen LogP contribution in [-0.4, -0.2) is 18.1 Å². The van der Waals surface area contributed by atoms with Gasteiger partial charge in [0.05, 0.1) is 5.56 Å². The molecular weight excluding hydrogens is 403 g/mol. The van der Waals surface area contributed by atoms with Gasteiger partial charge in [-0.25, -0.2) is 4.39 Å². The van der Waals surface area contributed by atoms with E-state index >= 15 is 0 Å². The smallest absolute Gasteiger partial charge is 0.251 e. The van der Waals surface area contributed by atoms with Crippen LogP contribution in [0.15, 0.2) is 36.4 Å². The zero-order chi connectivity index (χ0) is 24.1. The third-order valence-corrected chi connectivity index (χ3v) is 6.38. The van der Waals surface area contributed by atoms with Gasteiger partial charge in [-0.1, -0.05) is 53.7 Å². The third-order valence-electron chi connectivity index (χ3n) is 6.38. The van der Waals surface area contributed by atoms with Crippen LogP contribution in [0.1, 0.15) is 87.4 Å². The molecule has 5 heteroatoms. The van der Waals surface area contributed by atoms with Gasteiger partial charge < -0.3 is 10.1 Å². The van der Waals surface area contributed by atoms with Crippen molar-refractivity contribution < 1.29 is 13.9 Å². The molecule has 0 spiro atoms. The number of carbonyl (C=O) groups is 1. The van der Waals surface area contributed by atoms with Crippen molar-refractivity contribution in [2.24, 2.45) is 5.41 Å². The number of benzene rings is 2. The highest BCUT2D eigenvalue weighted by molar-refractivity contribution is 5.94. The summed E-state index contributed by atoms with van der Waals surface area (Å²) in [5, 5.41) is 12.2. The van der Waals surface area contributed by atoms with E-state index in [1.54, 1.807) is 13.0 Å². The van der Waals surface area contributed by atoms with E-state index in [1.807, 2.05) is 44.2 Å². The lowest BCUT2D eigenvalue weighted by Crippen LogP contribution is -2.51. The van der Waals surface area contributed by atoms with E-state index in [2.05, 4.69) is 33.0 Å². The fourth-order valence-electron chi connectivity index (χ4n) is 4.10. The average Bonchev–Trinajstić information content (AvgIpc) is 2.78. The number of nitrogens with one attached hydrogen (secondary N) is 1. The summed E-state index contributed by atoms with van der Waals surface area (Å²) in [7, 11) is 0. The van der Waals surface area contributed by atoms with Gasteiger partial charge in [-0.2, -0.15) is 5.26 Å². The van der Waals surface area contributed by atoms with Gasteiger partial charge in [0.15, 0.2) is 0 Å². The van der Waals surface area contributed by atoms with Crippen molar-refractivity contribution in [1.29, 1.82) is 5.26 Å². The Morgan fingerprint density at radius 2 is 1.75 bits per heavy atom. The molecule has 0 heterocycles. The second-order valence-electron chi connectivity index (χ2n) is 9.21. The van der Waals surface area contributed by atoms with Crippen LogP contribution in [0.3, 0.4) is 0 Å². The maximum Gasteiger partial charge on any atom is 0.251 e. The first-order chi connectivity index (χ1) is 15.1. The van der Waals surface area contributed by atoms with Crippen LogP contribution in [0.5, 0.6) is 5.75 Å². The summed E-state index contributed by atoms with van der Waals surface area (Å²) < 4.78 is 20.7. The molecule has 0 bridgehead atoms. The van der Waals surface area contributed by atoms with Gasteiger partial charge in [-0.15, -0.1) is 0 Å². The Labute approximate surface area is 191 Å². The van der Waals surface area contributed by atoms with Crippen molar-refractivity contribution >= 4 is 5.91 Å². The predicted octanol–water partition coefficient (Wildman–Crippen LogP) is 6.52. The van der Waals surface area contributed by atoms with E-state index in [1.165, 1.54) is 11.6 Å².